The molecule has 0 N–H and O–H groups in total. The minimum atomic E-state index is -3.12. The van der Waals surface area contributed by atoms with Crippen LogP contribution in [-0.2, 0) is 16.4 Å². The van der Waals surface area contributed by atoms with Crippen molar-refractivity contribution in [1.82, 2.24) is 10.1 Å². The minimum absolute atomic E-state index is 0.0218. The van der Waals surface area contributed by atoms with E-state index in [1.807, 2.05) is 17.5 Å². The number of carbonyl (C=O) groups is 1. The second kappa shape index (κ2) is 7.69. The van der Waals surface area contributed by atoms with Crippen molar-refractivity contribution in [3.63, 3.8) is 0 Å². The van der Waals surface area contributed by atoms with Crippen molar-refractivity contribution < 1.29 is 17.7 Å². The summed E-state index contributed by atoms with van der Waals surface area (Å²) in [5.74, 6) is 0.196. The van der Waals surface area contributed by atoms with Crippen LogP contribution in [0.1, 0.15) is 21.8 Å². The van der Waals surface area contributed by atoms with Gasteiger partial charge in [0.1, 0.15) is 0 Å². The first kappa shape index (κ1) is 19.2. The Kier molecular flexibility index (Phi) is 5.27. The van der Waals surface area contributed by atoms with Gasteiger partial charge < -0.3 is 9.42 Å². The van der Waals surface area contributed by atoms with Crippen LogP contribution in [0.3, 0.4) is 0 Å². The smallest absolute Gasteiger partial charge is 0.276 e. The van der Waals surface area contributed by atoms with Gasteiger partial charge in [-0.3, -0.25) is 4.79 Å². The molecule has 2 aromatic heterocycles. The first-order valence-corrected chi connectivity index (χ1v) is 11.8. The Morgan fingerprint density at radius 3 is 2.71 bits per heavy atom. The molecule has 1 aliphatic rings. The zero-order valence-electron chi connectivity index (χ0n) is 14.7. The van der Waals surface area contributed by atoms with E-state index in [1.54, 1.807) is 35.2 Å². The van der Waals surface area contributed by atoms with Crippen LogP contribution >= 0.6 is 22.9 Å². The molecule has 3 heterocycles. The van der Waals surface area contributed by atoms with Crippen LogP contribution in [-0.4, -0.2) is 41.9 Å². The minimum Gasteiger partial charge on any atom is -0.355 e. The number of aromatic nitrogens is 1. The second-order valence-electron chi connectivity index (χ2n) is 6.65. The third-order valence-corrected chi connectivity index (χ3v) is 7.54. The van der Waals surface area contributed by atoms with Gasteiger partial charge in [0, 0.05) is 27.6 Å². The molecule has 146 valence electrons. The monoisotopic (exact) mass is 436 g/mol. The zero-order valence-corrected chi connectivity index (χ0v) is 17.1. The number of rotatable bonds is 5. The molecule has 0 spiro atoms. The van der Waals surface area contributed by atoms with Gasteiger partial charge in [0.05, 0.1) is 18.1 Å². The molecule has 1 amide bonds. The van der Waals surface area contributed by atoms with Gasteiger partial charge in [0.25, 0.3) is 5.91 Å². The second-order valence-corrected chi connectivity index (χ2v) is 10.3. The summed E-state index contributed by atoms with van der Waals surface area (Å²) < 4.78 is 29.2. The van der Waals surface area contributed by atoms with Crippen LogP contribution in [0.25, 0.3) is 11.3 Å². The predicted molar refractivity (Wildman–Crippen MR) is 108 cm³/mol. The third kappa shape index (κ3) is 4.14. The highest BCUT2D eigenvalue weighted by Gasteiger charge is 2.36. The van der Waals surface area contributed by atoms with Crippen molar-refractivity contribution in [2.75, 3.05) is 11.5 Å². The highest BCUT2D eigenvalue weighted by molar-refractivity contribution is 7.91. The van der Waals surface area contributed by atoms with E-state index in [1.165, 1.54) is 11.3 Å². The molecule has 3 aromatic rings. The van der Waals surface area contributed by atoms with Gasteiger partial charge in [-0.15, -0.1) is 11.3 Å². The summed E-state index contributed by atoms with van der Waals surface area (Å²) in [6.07, 6.45) is 0.432. The molecule has 0 saturated carbocycles. The lowest BCUT2D eigenvalue weighted by atomic mass is 10.1. The van der Waals surface area contributed by atoms with E-state index in [2.05, 4.69) is 5.16 Å². The predicted octanol–water partition coefficient (Wildman–Crippen LogP) is 3.89. The van der Waals surface area contributed by atoms with E-state index >= 15 is 0 Å². The van der Waals surface area contributed by atoms with Gasteiger partial charge in [-0.25, -0.2) is 8.42 Å². The molecule has 1 aliphatic heterocycles. The average Bonchev–Trinajstić information content (AvgIpc) is 3.40. The van der Waals surface area contributed by atoms with Gasteiger partial charge in [-0.1, -0.05) is 22.8 Å². The van der Waals surface area contributed by atoms with Crippen LogP contribution in [0.15, 0.2) is 52.4 Å². The number of hydrogen-bond acceptors (Lipinski definition) is 6. The summed E-state index contributed by atoms with van der Waals surface area (Å²) in [7, 11) is -3.12. The Bertz CT molecular complexity index is 1080. The van der Waals surface area contributed by atoms with Gasteiger partial charge in [0.15, 0.2) is 21.3 Å². The van der Waals surface area contributed by atoms with Gasteiger partial charge in [-0.2, -0.15) is 0 Å². The quantitative estimate of drug-likeness (QED) is 0.606. The number of amides is 1. The summed E-state index contributed by atoms with van der Waals surface area (Å²) in [5.41, 5.74) is 0.912. The summed E-state index contributed by atoms with van der Waals surface area (Å²) in [6, 6.07) is 12.1. The molecule has 0 aliphatic carbocycles. The topological polar surface area (TPSA) is 80.5 Å². The van der Waals surface area contributed by atoms with Crippen LogP contribution in [0.5, 0.6) is 0 Å². The number of thiophene rings is 1. The maximum Gasteiger partial charge on any atom is 0.276 e. The van der Waals surface area contributed by atoms with Crippen LogP contribution < -0.4 is 0 Å². The third-order valence-electron chi connectivity index (χ3n) is 4.67. The highest BCUT2D eigenvalue weighted by Crippen LogP contribution is 2.26. The van der Waals surface area contributed by atoms with Gasteiger partial charge in [-0.05, 0) is 42.1 Å². The molecule has 4 rings (SSSR count). The maximum absolute atomic E-state index is 13.2. The van der Waals surface area contributed by atoms with Gasteiger partial charge >= 0.3 is 0 Å². The normalized spacial score (nSPS) is 18.2. The van der Waals surface area contributed by atoms with E-state index in [9.17, 15) is 13.2 Å². The summed E-state index contributed by atoms with van der Waals surface area (Å²) >= 11 is 7.43. The van der Waals surface area contributed by atoms with Crippen LogP contribution in [0, 0.1) is 0 Å². The lowest BCUT2D eigenvalue weighted by Crippen LogP contribution is -2.40. The van der Waals surface area contributed by atoms with Crippen molar-refractivity contribution in [2.45, 2.75) is 19.0 Å². The van der Waals surface area contributed by atoms with E-state index in [0.717, 1.165) is 10.4 Å². The first-order valence-electron chi connectivity index (χ1n) is 8.68. The van der Waals surface area contributed by atoms with Crippen LogP contribution in [0.4, 0.5) is 0 Å². The Balaban J connectivity index is 1.61. The lowest BCUT2D eigenvalue weighted by Gasteiger charge is -2.26. The Morgan fingerprint density at radius 2 is 2.07 bits per heavy atom. The highest BCUT2D eigenvalue weighted by atomic mass is 35.5. The summed E-state index contributed by atoms with van der Waals surface area (Å²) in [6.45, 7) is 0.347. The fourth-order valence-electron chi connectivity index (χ4n) is 3.23. The number of benzene rings is 1. The number of halogens is 1. The standard InChI is InChI=1S/C19H17ClN2O4S2/c20-14-5-3-13(4-6-14)18-10-17(21-26-18)19(23)22(11-16-2-1-8-27-16)15-7-9-28(24,25)12-15/h1-6,8,10,15H,7,9,11-12H2. The average molecular weight is 437 g/mol. The number of carbonyl (C=O) groups excluding carboxylic acids is 1. The molecule has 1 atom stereocenters. The number of sulfone groups is 1. The zero-order chi connectivity index (χ0) is 19.7. The van der Waals surface area contributed by atoms with Crippen LogP contribution in [0.2, 0.25) is 5.02 Å². The first-order chi connectivity index (χ1) is 13.4. The fourth-order valence-corrected chi connectivity index (χ4v) is 5.79. The molecular formula is C19H17ClN2O4S2. The number of nitrogens with zero attached hydrogens (tertiary/aromatic N) is 2. The van der Waals surface area contributed by atoms with E-state index in [0.29, 0.717) is 23.7 Å². The Labute approximate surface area is 171 Å². The summed E-state index contributed by atoms with van der Waals surface area (Å²) in [5, 5.41) is 6.46. The molecule has 6 nitrogen and oxygen atoms in total. The fraction of sp³-hybridized carbons (Fsp3) is 0.263. The molecule has 28 heavy (non-hydrogen) atoms. The SMILES string of the molecule is O=C(c1cc(-c2ccc(Cl)cc2)on1)N(Cc1cccs1)C1CCS(=O)(=O)C1. The lowest BCUT2D eigenvalue weighted by molar-refractivity contribution is 0.0672. The molecule has 1 fully saturated rings. The van der Waals surface area contributed by atoms with Crippen molar-refractivity contribution in [3.05, 3.63) is 63.4 Å². The number of hydrogen-bond donors (Lipinski definition) is 0. The van der Waals surface area contributed by atoms with Crippen molar-refractivity contribution in [3.8, 4) is 11.3 Å². The molecule has 9 heteroatoms. The molecule has 1 saturated heterocycles. The van der Waals surface area contributed by atoms with Gasteiger partial charge in [0.2, 0.25) is 0 Å². The largest absolute Gasteiger partial charge is 0.355 e. The van der Waals surface area contributed by atoms with E-state index < -0.39 is 9.84 Å². The molecular weight excluding hydrogens is 420 g/mol. The Hall–Kier alpha value is -2.16. The summed E-state index contributed by atoms with van der Waals surface area (Å²) in [4.78, 5) is 15.7. The maximum atomic E-state index is 13.2. The molecule has 1 aromatic carbocycles. The van der Waals surface area contributed by atoms with E-state index in [4.69, 9.17) is 16.1 Å². The Morgan fingerprint density at radius 1 is 1.29 bits per heavy atom. The van der Waals surface area contributed by atoms with Crippen molar-refractivity contribution in [1.29, 1.82) is 0 Å². The molecule has 0 radical (unpaired) electrons. The van der Waals surface area contributed by atoms with Crippen molar-refractivity contribution in [2.24, 2.45) is 0 Å². The van der Waals surface area contributed by atoms with Crippen molar-refractivity contribution >= 4 is 38.7 Å². The van der Waals surface area contributed by atoms with E-state index in [-0.39, 0.29) is 29.1 Å². The molecule has 0 bridgehead atoms. The molecule has 1 unspecified atom stereocenters.